The maximum atomic E-state index is 13.1. The van der Waals surface area contributed by atoms with Crippen LogP contribution in [0.15, 0.2) is 18.2 Å². The Bertz CT molecular complexity index is 342. The zero-order valence-corrected chi connectivity index (χ0v) is 9.17. The molecule has 2 heteroatoms. The Morgan fingerprint density at radius 1 is 1.33 bits per heavy atom. The molecule has 1 aromatic rings. The third-order valence-corrected chi connectivity index (χ3v) is 3.47. The van der Waals surface area contributed by atoms with Crippen molar-refractivity contribution in [1.82, 2.24) is 0 Å². The van der Waals surface area contributed by atoms with Gasteiger partial charge in [-0.05, 0) is 42.9 Å². The summed E-state index contributed by atoms with van der Waals surface area (Å²) in [5.74, 6) is 0.451. The second kappa shape index (κ2) is 4.31. The summed E-state index contributed by atoms with van der Waals surface area (Å²) >= 11 is 0. The SMILES string of the molecule is Cc1cc([C@@H](N)C2CCCC2)ccc1F. The minimum absolute atomic E-state index is 0.0896. The van der Waals surface area contributed by atoms with E-state index in [2.05, 4.69) is 0 Å². The van der Waals surface area contributed by atoms with Crippen molar-refractivity contribution in [3.8, 4) is 0 Å². The van der Waals surface area contributed by atoms with E-state index in [1.807, 2.05) is 12.1 Å². The quantitative estimate of drug-likeness (QED) is 0.791. The molecule has 0 aromatic heterocycles. The van der Waals surface area contributed by atoms with Gasteiger partial charge in [0.15, 0.2) is 0 Å². The largest absolute Gasteiger partial charge is 0.324 e. The molecule has 0 unspecified atom stereocenters. The predicted molar refractivity (Wildman–Crippen MR) is 60.0 cm³/mol. The van der Waals surface area contributed by atoms with Crippen LogP contribution in [0.1, 0.15) is 42.9 Å². The first-order valence-electron chi connectivity index (χ1n) is 5.70. The van der Waals surface area contributed by atoms with E-state index in [0.29, 0.717) is 11.5 Å². The predicted octanol–water partition coefficient (Wildman–Crippen LogP) is 3.32. The Kier molecular flexibility index (Phi) is 3.06. The van der Waals surface area contributed by atoms with Gasteiger partial charge in [0.2, 0.25) is 0 Å². The monoisotopic (exact) mass is 207 g/mol. The van der Waals surface area contributed by atoms with Crippen LogP contribution in [-0.4, -0.2) is 0 Å². The topological polar surface area (TPSA) is 26.0 Å². The van der Waals surface area contributed by atoms with Gasteiger partial charge in [0, 0.05) is 6.04 Å². The van der Waals surface area contributed by atoms with Gasteiger partial charge in [-0.3, -0.25) is 0 Å². The van der Waals surface area contributed by atoms with Crippen molar-refractivity contribution in [3.63, 3.8) is 0 Å². The molecule has 15 heavy (non-hydrogen) atoms. The van der Waals surface area contributed by atoms with Gasteiger partial charge >= 0.3 is 0 Å². The highest BCUT2D eigenvalue weighted by Gasteiger charge is 2.23. The second-order valence-corrected chi connectivity index (χ2v) is 4.58. The number of benzene rings is 1. The molecule has 0 aliphatic heterocycles. The average molecular weight is 207 g/mol. The van der Waals surface area contributed by atoms with Crippen molar-refractivity contribution in [2.24, 2.45) is 11.7 Å². The molecule has 1 fully saturated rings. The van der Waals surface area contributed by atoms with Crippen LogP contribution in [-0.2, 0) is 0 Å². The third-order valence-electron chi connectivity index (χ3n) is 3.47. The molecule has 0 radical (unpaired) electrons. The van der Waals surface area contributed by atoms with Gasteiger partial charge in [-0.2, -0.15) is 0 Å². The van der Waals surface area contributed by atoms with Crippen LogP contribution in [0.3, 0.4) is 0 Å². The molecule has 0 amide bonds. The van der Waals surface area contributed by atoms with Crippen LogP contribution in [0.4, 0.5) is 4.39 Å². The van der Waals surface area contributed by atoms with Crippen LogP contribution in [0.5, 0.6) is 0 Å². The van der Waals surface area contributed by atoms with E-state index in [1.54, 1.807) is 6.92 Å². The Morgan fingerprint density at radius 3 is 2.60 bits per heavy atom. The van der Waals surface area contributed by atoms with Gasteiger partial charge < -0.3 is 5.73 Å². The fourth-order valence-electron chi connectivity index (χ4n) is 2.46. The minimum atomic E-state index is -0.141. The molecule has 82 valence electrons. The van der Waals surface area contributed by atoms with E-state index in [9.17, 15) is 4.39 Å². The van der Waals surface area contributed by atoms with Crippen molar-refractivity contribution in [2.45, 2.75) is 38.6 Å². The van der Waals surface area contributed by atoms with Crippen molar-refractivity contribution < 1.29 is 4.39 Å². The summed E-state index contributed by atoms with van der Waals surface area (Å²) in [5, 5.41) is 0. The first-order valence-corrected chi connectivity index (χ1v) is 5.70. The lowest BCUT2D eigenvalue weighted by molar-refractivity contribution is 0.444. The molecule has 1 atom stereocenters. The highest BCUT2D eigenvalue weighted by atomic mass is 19.1. The molecule has 0 spiro atoms. The first-order chi connectivity index (χ1) is 7.18. The summed E-state index contributed by atoms with van der Waals surface area (Å²) in [5.41, 5.74) is 7.98. The van der Waals surface area contributed by atoms with Gasteiger partial charge in [-0.1, -0.05) is 25.0 Å². The molecular weight excluding hydrogens is 189 g/mol. The normalized spacial score (nSPS) is 19.4. The molecular formula is C13H18FN. The number of aryl methyl sites for hydroxylation is 1. The van der Waals surface area contributed by atoms with Gasteiger partial charge in [-0.15, -0.1) is 0 Å². The maximum absolute atomic E-state index is 13.1. The van der Waals surface area contributed by atoms with E-state index in [-0.39, 0.29) is 11.9 Å². The molecule has 1 aliphatic rings. The van der Waals surface area contributed by atoms with Crippen molar-refractivity contribution in [3.05, 3.63) is 35.1 Å². The lowest BCUT2D eigenvalue weighted by Crippen LogP contribution is -2.19. The summed E-state index contributed by atoms with van der Waals surface area (Å²) in [6.07, 6.45) is 5.02. The summed E-state index contributed by atoms with van der Waals surface area (Å²) in [6.45, 7) is 1.79. The highest BCUT2D eigenvalue weighted by Crippen LogP contribution is 2.34. The number of hydrogen-bond donors (Lipinski definition) is 1. The van der Waals surface area contributed by atoms with Gasteiger partial charge in [0.05, 0.1) is 0 Å². The molecule has 1 saturated carbocycles. The van der Waals surface area contributed by atoms with Crippen molar-refractivity contribution in [1.29, 1.82) is 0 Å². The van der Waals surface area contributed by atoms with Crippen molar-refractivity contribution >= 4 is 0 Å². The first kappa shape index (κ1) is 10.6. The van der Waals surface area contributed by atoms with Gasteiger partial charge in [0.25, 0.3) is 0 Å². The summed E-state index contributed by atoms with van der Waals surface area (Å²) in [6, 6.07) is 5.33. The molecule has 1 nitrogen and oxygen atoms in total. The van der Waals surface area contributed by atoms with Gasteiger partial charge in [-0.25, -0.2) is 4.39 Å². The zero-order valence-electron chi connectivity index (χ0n) is 9.17. The Labute approximate surface area is 90.5 Å². The molecule has 1 aliphatic carbocycles. The zero-order chi connectivity index (χ0) is 10.8. The van der Waals surface area contributed by atoms with E-state index < -0.39 is 0 Å². The van der Waals surface area contributed by atoms with E-state index in [4.69, 9.17) is 5.73 Å². The van der Waals surface area contributed by atoms with Crippen LogP contribution in [0, 0.1) is 18.7 Å². The van der Waals surface area contributed by atoms with Crippen LogP contribution in [0.25, 0.3) is 0 Å². The molecule has 0 saturated heterocycles. The van der Waals surface area contributed by atoms with Gasteiger partial charge in [0.1, 0.15) is 5.82 Å². The van der Waals surface area contributed by atoms with Crippen molar-refractivity contribution in [2.75, 3.05) is 0 Å². The molecule has 0 bridgehead atoms. The Hall–Kier alpha value is -0.890. The number of hydrogen-bond acceptors (Lipinski definition) is 1. The van der Waals surface area contributed by atoms with E-state index in [1.165, 1.54) is 31.7 Å². The Morgan fingerprint density at radius 2 is 2.00 bits per heavy atom. The number of nitrogens with two attached hydrogens (primary N) is 1. The molecule has 0 heterocycles. The average Bonchev–Trinajstić information content (AvgIpc) is 2.74. The Balaban J connectivity index is 2.17. The standard InChI is InChI=1S/C13H18FN/c1-9-8-11(6-7-12(9)14)13(15)10-4-2-3-5-10/h6-8,10,13H,2-5,15H2,1H3/t13-/m0/s1. The number of halogens is 1. The smallest absolute Gasteiger partial charge is 0.126 e. The third kappa shape index (κ3) is 2.20. The maximum Gasteiger partial charge on any atom is 0.126 e. The van der Waals surface area contributed by atoms with Crippen LogP contribution in [0.2, 0.25) is 0 Å². The van der Waals surface area contributed by atoms with Crippen LogP contribution >= 0.6 is 0 Å². The summed E-state index contributed by atoms with van der Waals surface area (Å²) < 4.78 is 13.1. The number of rotatable bonds is 2. The van der Waals surface area contributed by atoms with E-state index >= 15 is 0 Å². The minimum Gasteiger partial charge on any atom is -0.324 e. The highest BCUT2D eigenvalue weighted by molar-refractivity contribution is 5.26. The molecule has 2 rings (SSSR count). The molecule has 1 aromatic carbocycles. The van der Waals surface area contributed by atoms with E-state index in [0.717, 1.165) is 5.56 Å². The summed E-state index contributed by atoms with van der Waals surface area (Å²) in [4.78, 5) is 0. The lowest BCUT2D eigenvalue weighted by Gasteiger charge is -2.19. The second-order valence-electron chi connectivity index (χ2n) is 4.58. The fraction of sp³-hybridized carbons (Fsp3) is 0.538. The summed E-state index contributed by atoms with van der Waals surface area (Å²) in [7, 11) is 0. The molecule has 2 N–H and O–H groups in total. The fourth-order valence-corrected chi connectivity index (χ4v) is 2.46. The van der Waals surface area contributed by atoms with Crippen LogP contribution < -0.4 is 5.73 Å². The lowest BCUT2D eigenvalue weighted by atomic mass is 9.92.